The Bertz CT molecular complexity index is 1390. The van der Waals surface area contributed by atoms with Crippen LogP contribution in [0.3, 0.4) is 0 Å². The third-order valence-corrected chi connectivity index (χ3v) is 7.31. The van der Waals surface area contributed by atoms with Gasteiger partial charge in [0.2, 0.25) is 0 Å². The highest BCUT2D eigenvalue weighted by atomic mass is 35.5. The molecule has 0 saturated carbocycles. The largest absolute Gasteiger partial charge is 0.396 e. The van der Waals surface area contributed by atoms with E-state index in [4.69, 9.17) is 21.6 Å². The number of amides is 1. The molecule has 0 radical (unpaired) electrons. The lowest BCUT2D eigenvalue weighted by Crippen LogP contribution is -2.31. The number of aryl methyl sites for hydroxylation is 1. The highest BCUT2D eigenvalue weighted by Gasteiger charge is 2.22. The average Bonchev–Trinajstić information content (AvgIpc) is 2.94. The van der Waals surface area contributed by atoms with Crippen LogP contribution in [0, 0.1) is 17.7 Å². The van der Waals surface area contributed by atoms with E-state index in [9.17, 15) is 19.1 Å². The Morgan fingerprint density at radius 1 is 1.18 bits per heavy atom. The van der Waals surface area contributed by atoms with Gasteiger partial charge in [-0.25, -0.2) is 14.4 Å². The third-order valence-electron chi connectivity index (χ3n) is 7.03. The molecule has 1 aliphatic rings. The molecule has 4 rings (SSSR count). The van der Waals surface area contributed by atoms with Gasteiger partial charge in [-0.2, -0.15) is 0 Å². The molecule has 0 fully saturated rings. The maximum Gasteiger partial charge on any atom is 0.251 e. The van der Waals surface area contributed by atoms with Crippen molar-refractivity contribution in [3.8, 4) is 0 Å². The van der Waals surface area contributed by atoms with E-state index in [-0.39, 0.29) is 36.2 Å². The highest BCUT2D eigenvalue weighted by Crippen LogP contribution is 2.31. The Morgan fingerprint density at radius 2 is 1.95 bits per heavy atom. The van der Waals surface area contributed by atoms with E-state index >= 15 is 0 Å². The van der Waals surface area contributed by atoms with Gasteiger partial charge in [-0.1, -0.05) is 49.7 Å². The van der Waals surface area contributed by atoms with Crippen molar-refractivity contribution in [1.29, 1.82) is 0 Å². The zero-order chi connectivity index (χ0) is 27.9. The number of nitrogens with one attached hydrogen (secondary N) is 1. The van der Waals surface area contributed by atoms with Gasteiger partial charge in [0, 0.05) is 22.4 Å². The maximum atomic E-state index is 13.4. The van der Waals surface area contributed by atoms with Crippen LogP contribution in [0.2, 0.25) is 0 Å². The number of hydrogen-bond acceptors (Lipinski definition) is 5. The van der Waals surface area contributed by atoms with Crippen LogP contribution in [-0.2, 0) is 11.2 Å². The van der Waals surface area contributed by atoms with Crippen LogP contribution in [-0.4, -0.2) is 33.9 Å². The second kappa shape index (κ2) is 13.1. The fourth-order valence-corrected chi connectivity index (χ4v) is 4.95. The number of aliphatic hydroxyl groups is 1. The molecule has 0 aliphatic heterocycles. The predicted molar refractivity (Wildman–Crippen MR) is 151 cm³/mol. The minimum Gasteiger partial charge on any atom is -0.396 e. The molecule has 2 unspecified atom stereocenters. The topological polar surface area (TPSA) is 92.2 Å². The predicted octanol–water partition coefficient (Wildman–Crippen LogP) is 6.19. The van der Waals surface area contributed by atoms with E-state index in [1.807, 2.05) is 32.1 Å². The fourth-order valence-electron chi connectivity index (χ4n) is 4.79. The lowest BCUT2D eigenvalue weighted by atomic mass is 9.93. The van der Waals surface area contributed by atoms with E-state index in [1.54, 1.807) is 30.3 Å². The van der Waals surface area contributed by atoms with E-state index in [0.717, 1.165) is 23.2 Å². The van der Waals surface area contributed by atoms with Gasteiger partial charge in [-0.3, -0.25) is 4.79 Å². The normalized spacial score (nSPS) is 16.7. The molecule has 2 aromatic carbocycles. The van der Waals surface area contributed by atoms with Crippen LogP contribution in [0.5, 0.6) is 0 Å². The fraction of sp³-hybridized carbons (Fsp3) is 0.355. The second-order valence-corrected chi connectivity index (χ2v) is 10.7. The first-order valence-electron chi connectivity index (χ1n) is 13.3. The van der Waals surface area contributed by atoms with Crippen molar-refractivity contribution in [3.63, 3.8) is 0 Å². The zero-order valence-corrected chi connectivity index (χ0v) is 22.9. The first kappa shape index (κ1) is 28.6. The van der Waals surface area contributed by atoms with E-state index in [0.29, 0.717) is 47.3 Å². The van der Waals surface area contributed by atoms with Crippen LogP contribution < -0.4 is 5.32 Å². The van der Waals surface area contributed by atoms with Crippen molar-refractivity contribution in [2.75, 3.05) is 6.61 Å². The molecule has 204 valence electrons. The van der Waals surface area contributed by atoms with Crippen LogP contribution in [0.15, 0.2) is 65.7 Å². The highest BCUT2D eigenvalue weighted by molar-refractivity contribution is 6.31. The molecule has 1 amide bonds. The molecule has 3 atom stereocenters. The molecule has 8 heteroatoms. The van der Waals surface area contributed by atoms with Crippen molar-refractivity contribution in [2.45, 2.75) is 51.5 Å². The molecule has 1 heterocycles. The monoisotopic (exact) mass is 549 g/mol. The van der Waals surface area contributed by atoms with Crippen molar-refractivity contribution < 1.29 is 19.1 Å². The van der Waals surface area contributed by atoms with Crippen molar-refractivity contribution in [2.24, 2.45) is 11.8 Å². The van der Waals surface area contributed by atoms with Crippen molar-refractivity contribution in [3.05, 3.63) is 94.1 Å². The molecule has 1 aliphatic carbocycles. The second-order valence-electron chi connectivity index (χ2n) is 10.3. The van der Waals surface area contributed by atoms with E-state index in [1.165, 1.54) is 12.1 Å². The lowest BCUT2D eigenvalue weighted by molar-refractivity contribution is -0.112. The number of halogens is 2. The Kier molecular flexibility index (Phi) is 9.59. The summed E-state index contributed by atoms with van der Waals surface area (Å²) in [4.78, 5) is 34.3. The van der Waals surface area contributed by atoms with Crippen LogP contribution in [0.4, 0.5) is 4.39 Å². The standard InChI is InChI=1S/C31H33ClFN3O3/c1-19(2)29(21-8-13-25(33)14-9-21)36-31(39)23-10-15-26-28(16-23)34-27(5-3-4-20(17-37)18-38)30(35-26)22-6-11-24(32)12-7-22/h6,8-17,19-20,22,29,38H,3-5,7,18H2,1-2H3,(H,36,39)/t20?,22?,29-/m0/s1. The Balaban J connectivity index is 1.62. The molecule has 0 saturated heterocycles. The summed E-state index contributed by atoms with van der Waals surface area (Å²) in [6.07, 6.45) is 9.12. The molecule has 2 N–H and O–H groups in total. The third kappa shape index (κ3) is 7.16. The van der Waals surface area contributed by atoms with Gasteiger partial charge >= 0.3 is 0 Å². The van der Waals surface area contributed by atoms with Crippen LogP contribution in [0.25, 0.3) is 11.0 Å². The van der Waals surface area contributed by atoms with Crippen LogP contribution in [0.1, 0.15) is 72.4 Å². The Hall–Kier alpha value is -3.42. The number of aliphatic hydroxyl groups excluding tert-OH is 1. The van der Waals surface area contributed by atoms with Gasteiger partial charge in [0.15, 0.2) is 0 Å². The van der Waals surface area contributed by atoms with Crippen LogP contribution >= 0.6 is 11.6 Å². The number of rotatable bonds is 11. The minimum atomic E-state index is -0.400. The number of benzene rings is 2. The number of carbonyl (C=O) groups excluding carboxylic acids is 2. The van der Waals surface area contributed by atoms with E-state index < -0.39 is 5.92 Å². The van der Waals surface area contributed by atoms with E-state index in [2.05, 4.69) is 5.32 Å². The number of carbonyl (C=O) groups is 2. The first-order chi connectivity index (χ1) is 18.8. The number of aldehydes is 1. The summed E-state index contributed by atoms with van der Waals surface area (Å²) >= 11 is 6.13. The number of hydrogen-bond donors (Lipinski definition) is 2. The van der Waals surface area contributed by atoms with Gasteiger partial charge in [-0.15, -0.1) is 0 Å². The smallest absolute Gasteiger partial charge is 0.251 e. The first-order valence-corrected chi connectivity index (χ1v) is 13.6. The molecule has 39 heavy (non-hydrogen) atoms. The lowest BCUT2D eigenvalue weighted by Gasteiger charge is -2.23. The van der Waals surface area contributed by atoms with Gasteiger partial charge in [0.05, 0.1) is 35.1 Å². The summed E-state index contributed by atoms with van der Waals surface area (Å²) in [7, 11) is 0. The number of nitrogens with zero attached hydrogens (tertiary/aromatic N) is 2. The molecule has 3 aromatic rings. The van der Waals surface area contributed by atoms with Gasteiger partial charge in [0.25, 0.3) is 5.91 Å². The molecule has 0 bridgehead atoms. The quantitative estimate of drug-likeness (QED) is 0.278. The molecule has 0 spiro atoms. The summed E-state index contributed by atoms with van der Waals surface area (Å²) in [6.45, 7) is 3.83. The minimum absolute atomic E-state index is 0.0181. The maximum absolute atomic E-state index is 13.4. The SMILES string of the molecule is CC(C)[C@H](NC(=O)c1ccc2nc(C3C=CC(Cl)=CC3)c(CCCC(C=O)CO)nc2c1)c1ccc(F)cc1. The van der Waals surface area contributed by atoms with Gasteiger partial charge < -0.3 is 15.2 Å². The summed E-state index contributed by atoms with van der Waals surface area (Å²) in [6, 6.07) is 11.2. The molecule has 1 aromatic heterocycles. The summed E-state index contributed by atoms with van der Waals surface area (Å²) < 4.78 is 13.4. The average molecular weight is 550 g/mol. The molecule has 6 nitrogen and oxygen atoms in total. The molecular formula is C31H33ClFN3O3. The zero-order valence-electron chi connectivity index (χ0n) is 22.1. The number of allylic oxidation sites excluding steroid dienone is 4. The Morgan fingerprint density at radius 3 is 2.59 bits per heavy atom. The summed E-state index contributed by atoms with van der Waals surface area (Å²) in [5.74, 6) is -0.863. The van der Waals surface area contributed by atoms with Crippen molar-refractivity contribution in [1.82, 2.24) is 15.3 Å². The summed E-state index contributed by atoms with van der Waals surface area (Å²) in [5, 5.41) is 13.1. The molecular weight excluding hydrogens is 517 g/mol. The van der Waals surface area contributed by atoms with Gasteiger partial charge in [-0.05, 0) is 73.6 Å². The number of fused-ring (bicyclic) bond motifs is 1. The van der Waals surface area contributed by atoms with Gasteiger partial charge in [0.1, 0.15) is 12.1 Å². The number of aromatic nitrogens is 2. The summed E-state index contributed by atoms with van der Waals surface area (Å²) in [5.41, 5.74) is 4.22. The Labute approximate surface area is 233 Å². The van der Waals surface area contributed by atoms with Crippen molar-refractivity contribution >= 4 is 34.8 Å².